The minimum Gasteiger partial charge on any atom is -0.478 e. The van der Waals surface area contributed by atoms with Crippen LogP contribution >= 0.6 is 0 Å². The van der Waals surface area contributed by atoms with Crippen molar-refractivity contribution in [2.24, 2.45) is 5.41 Å². The van der Waals surface area contributed by atoms with Crippen LogP contribution in [0.3, 0.4) is 0 Å². The van der Waals surface area contributed by atoms with E-state index in [2.05, 4.69) is 60.3 Å². The second kappa shape index (κ2) is 7.13. The average Bonchev–Trinajstić information content (AvgIpc) is 2.67. The molecule has 0 bridgehead atoms. The first-order valence-electron chi connectivity index (χ1n) is 10.00. The molecule has 0 aromatic heterocycles. The third kappa shape index (κ3) is 3.59. The molecule has 5 heteroatoms. The maximum Gasteiger partial charge on any atom is 0.335 e. The molecule has 2 N–H and O–H groups in total. The molecule has 5 nitrogen and oxygen atoms in total. The van der Waals surface area contributed by atoms with E-state index in [1.54, 1.807) is 6.07 Å². The summed E-state index contributed by atoms with van der Waals surface area (Å²) in [6.07, 6.45) is 0.847. The number of fused-ring (bicyclic) bond motifs is 1. The van der Waals surface area contributed by atoms with Gasteiger partial charge in [-0.1, -0.05) is 26.0 Å². The lowest BCUT2D eigenvalue weighted by molar-refractivity contribution is 0.0696. The van der Waals surface area contributed by atoms with Crippen molar-refractivity contribution < 1.29 is 9.90 Å². The number of carboxylic acids is 1. The molecule has 1 fully saturated rings. The molecular formula is C23H29N3O2. The molecule has 2 heterocycles. The Hall–Kier alpha value is -2.53. The van der Waals surface area contributed by atoms with Crippen molar-refractivity contribution in [3.05, 3.63) is 59.2 Å². The van der Waals surface area contributed by atoms with Gasteiger partial charge in [0.2, 0.25) is 0 Å². The third-order valence-corrected chi connectivity index (χ3v) is 6.15. The number of likely N-dealkylation sites (N-methyl/N-ethyl adjacent to an activating group) is 1. The number of carboxylic acid groups (broad SMARTS) is 1. The predicted molar refractivity (Wildman–Crippen MR) is 113 cm³/mol. The highest BCUT2D eigenvalue weighted by Gasteiger charge is 2.36. The molecule has 0 saturated carbocycles. The maximum atomic E-state index is 11.3. The number of benzene rings is 2. The average molecular weight is 380 g/mol. The fourth-order valence-electron chi connectivity index (χ4n) is 4.46. The second-order valence-corrected chi connectivity index (χ2v) is 8.81. The van der Waals surface area contributed by atoms with Gasteiger partial charge in [0.25, 0.3) is 0 Å². The normalized spacial score (nSPS) is 21.7. The lowest BCUT2D eigenvalue weighted by atomic mass is 9.72. The van der Waals surface area contributed by atoms with Crippen molar-refractivity contribution >= 4 is 17.3 Å². The number of aromatic carboxylic acids is 1. The molecule has 0 radical (unpaired) electrons. The Kier molecular flexibility index (Phi) is 4.79. The summed E-state index contributed by atoms with van der Waals surface area (Å²) in [4.78, 5) is 16.1. The van der Waals surface area contributed by atoms with Gasteiger partial charge in [-0.3, -0.25) is 0 Å². The smallest absolute Gasteiger partial charge is 0.335 e. The van der Waals surface area contributed by atoms with Crippen molar-refractivity contribution in [2.75, 3.05) is 43.4 Å². The lowest BCUT2D eigenvalue weighted by Gasteiger charge is -2.42. The summed E-state index contributed by atoms with van der Waals surface area (Å²) >= 11 is 0. The van der Waals surface area contributed by atoms with Crippen molar-refractivity contribution in [3.8, 4) is 0 Å². The van der Waals surface area contributed by atoms with Gasteiger partial charge < -0.3 is 20.2 Å². The van der Waals surface area contributed by atoms with Crippen LogP contribution in [0.2, 0.25) is 0 Å². The molecule has 148 valence electrons. The van der Waals surface area contributed by atoms with E-state index < -0.39 is 5.97 Å². The van der Waals surface area contributed by atoms with Crippen molar-refractivity contribution in [3.63, 3.8) is 0 Å². The van der Waals surface area contributed by atoms with Gasteiger partial charge in [0.15, 0.2) is 0 Å². The quantitative estimate of drug-likeness (QED) is 0.848. The first-order chi connectivity index (χ1) is 13.3. The van der Waals surface area contributed by atoms with Gasteiger partial charge in [0.1, 0.15) is 0 Å². The molecule has 0 spiro atoms. The highest BCUT2D eigenvalue weighted by Crippen LogP contribution is 2.45. The third-order valence-electron chi connectivity index (χ3n) is 6.15. The molecule has 1 atom stereocenters. The first kappa shape index (κ1) is 18.8. The van der Waals surface area contributed by atoms with Crippen LogP contribution in [0, 0.1) is 5.41 Å². The number of hydrogen-bond donors (Lipinski definition) is 2. The summed E-state index contributed by atoms with van der Waals surface area (Å²) in [7, 11) is 2.18. The number of anilines is 2. The minimum atomic E-state index is -0.873. The van der Waals surface area contributed by atoms with Gasteiger partial charge in [-0.25, -0.2) is 4.79 Å². The van der Waals surface area contributed by atoms with Crippen molar-refractivity contribution in [1.82, 2.24) is 4.90 Å². The van der Waals surface area contributed by atoms with Gasteiger partial charge in [0.05, 0.1) is 11.6 Å². The van der Waals surface area contributed by atoms with E-state index in [1.165, 1.54) is 11.3 Å². The summed E-state index contributed by atoms with van der Waals surface area (Å²) < 4.78 is 0. The highest BCUT2D eigenvalue weighted by molar-refractivity contribution is 5.88. The van der Waals surface area contributed by atoms with Gasteiger partial charge in [-0.15, -0.1) is 0 Å². The number of nitrogens with zero attached hydrogens (tertiary/aromatic N) is 2. The number of hydrogen-bond acceptors (Lipinski definition) is 4. The van der Waals surface area contributed by atoms with Crippen LogP contribution in [0.1, 0.15) is 41.4 Å². The molecule has 2 aliphatic rings. The fraction of sp³-hybridized carbons (Fsp3) is 0.435. The Morgan fingerprint density at radius 3 is 2.57 bits per heavy atom. The highest BCUT2D eigenvalue weighted by atomic mass is 16.4. The summed E-state index contributed by atoms with van der Waals surface area (Å²) in [5.74, 6) is -0.873. The molecule has 2 aromatic carbocycles. The molecule has 1 unspecified atom stereocenters. The summed E-state index contributed by atoms with van der Waals surface area (Å²) in [6.45, 7) is 8.81. The van der Waals surface area contributed by atoms with Gasteiger partial charge in [-0.05, 0) is 60.3 Å². The monoisotopic (exact) mass is 379 g/mol. The number of rotatable bonds is 3. The van der Waals surface area contributed by atoms with Gasteiger partial charge in [0, 0.05) is 37.6 Å². The molecule has 1 saturated heterocycles. The van der Waals surface area contributed by atoms with Crippen LogP contribution in [0.15, 0.2) is 42.5 Å². The fourth-order valence-corrected chi connectivity index (χ4v) is 4.46. The van der Waals surface area contributed by atoms with Crippen LogP contribution in [0.5, 0.6) is 0 Å². The van der Waals surface area contributed by atoms with E-state index in [9.17, 15) is 9.90 Å². The van der Waals surface area contributed by atoms with Crippen LogP contribution in [0.4, 0.5) is 11.4 Å². The molecule has 0 aliphatic carbocycles. The van der Waals surface area contributed by atoms with Crippen LogP contribution in [-0.2, 0) is 6.42 Å². The van der Waals surface area contributed by atoms with Crippen molar-refractivity contribution in [2.45, 2.75) is 26.3 Å². The van der Waals surface area contributed by atoms with E-state index in [0.29, 0.717) is 5.56 Å². The van der Waals surface area contributed by atoms with E-state index >= 15 is 0 Å². The van der Waals surface area contributed by atoms with E-state index in [1.807, 2.05) is 12.1 Å². The zero-order chi connectivity index (χ0) is 19.9. The largest absolute Gasteiger partial charge is 0.478 e. The minimum absolute atomic E-state index is 0.0230. The Morgan fingerprint density at radius 2 is 1.86 bits per heavy atom. The molecule has 28 heavy (non-hydrogen) atoms. The van der Waals surface area contributed by atoms with Crippen LogP contribution in [0.25, 0.3) is 0 Å². The molecule has 2 aliphatic heterocycles. The van der Waals surface area contributed by atoms with E-state index in [4.69, 9.17) is 0 Å². The van der Waals surface area contributed by atoms with E-state index in [-0.39, 0.29) is 11.5 Å². The summed E-state index contributed by atoms with van der Waals surface area (Å²) in [6, 6.07) is 14.5. The zero-order valence-electron chi connectivity index (χ0n) is 16.9. The first-order valence-corrected chi connectivity index (χ1v) is 10.00. The molecule has 4 rings (SSSR count). The Morgan fingerprint density at radius 1 is 1.11 bits per heavy atom. The lowest BCUT2D eigenvalue weighted by Crippen LogP contribution is -2.44. The topological polar surface area (TPSA) is 55.8 Å². The summed E-state index contributed by atoms with van der Waals surface area (Å²) in [5, 5.41) is 13.0. The van der Waals surface area contributed by atoms with Crippen LogP contribution in [-0.4, -0.2) is 49.2 Å². The zero-order valence-corrected chi connectivity index (χ0v) is 16.9. The van der Waals surface area contributed by atoms with Gasteiger partial charge >= 0.3 is 5.97 Å². The van der Waals surface area contributed by atoms with Crippen LogP contribution < -0.4 is 10.2 Å². The van der Waals surface area contributed by atoms with E-state index in [0.717, 1.165) is 43.9 Å². The molecule has 2 aromatic rings. The number of piperazine rings is 1. The van der Waals surface area contributed by atoms with Crippen molar-refractivity contribution in [1.29, 1.82) is 0 Å². The SMILES string of the molecule is CN1CCN(c2cccc(C3Nc4ccc(C(=O)O)cc4CC3(C)C)c2)CC1. The molecular weight excluding hydrogens is 350 g/mol. The number of carbonyl (C=O) groups is 1. The standard InChI is InChI=1S/C23H29N3O2/c1-23(2)15-18-13-17(22(27)28)7-8-20(18)24-21(23)16-5-4-6-19(14-16)26-11-9-25(3)10-12-26/h4-8,13-14,21,24H,9-12,15H2,1-3H3,(H,27,28). The molecule has 0 amide bonds. The predicted octanol–water partition coefficient (Wildman–Crippen LogP) is 3.87. The Bertz CT molecular complexity index is 885. The van der Waals surface area contributed by atoms with Gasteiger partial charge in [-0.2, -0.15) is 0 Å². The Balaban J connectivity index is 1.62. The second-order valence-electron chi connectivity index (χ2n) is 8.81. The Labute approximate surface area is 167 Å². The number of nitrogens with one attached hydrogen (secondary N) is 1. The maximum absolute atomic E-state index is 11.3. The summed E-state index contributed by atoms with van der Waals surface area (Å²) in [5.41, 5.74) is 5.03.